The summed E-state index contributed by atoms with van der Waals surface area (Å²) < 4.78 is 4.44. The van der Waals surface area contributed by atoms with E-state index in [0.29, 0.717) is 6.04 Å². The molecular formula is C9H15NO2. The van der Waals surface area contributed by atoms with E-state index >= 15 is 0 Å². The summed E-state index contributed by atoms with van der Waals surface area (Å²) in [4.78, 5) is 10.6. The standard InChI is InChI=1S/C9H15NO2/c1-7-5-8(6-7)10-4-3-9(11)12-2/h3-4,7-8,10H,5-6H2,1-2H3/b4-3+. The molecule has 0 aromatic carbocycles. The third-order valence-corrected chi connectivity index (χ3v) is 2.13. The summed E-state index contributed by atoms with van der Waals surface area (Å²) in [6.45, 7) is 2.22. The van der Waals surface area contributed by atoms with E-state index in [-0.39, 0.29) is 5.97 Å². The van der Waals surface area contributed by atoms with E-state index in [0.717, 1.165) is 5.92 Å². The number of ether oxygens (including phenoxy) is 1. The van der Waals surface area contributed by atoms with Crippen LogP contribution in [0.15, 0.2) is 12.3 Å². The fourth-order valence-electron chi connectivity index (χ4n) is 1.36. The zero-order chi connectivity index (χ0) is 8.97. The number of hydrogen-bond acceptors (Lipinski definition) is 3. The second-order valence-corrected chi connectivity index (χ2v) is 3.30. The van der Waals surface area contributed by atoms with Crippen LogP contribution in [-0.2, 0) is 9.53 Å². The molecule has 0 atom stereocenters. The summed E-state index contributed by atoms with van der Waals surface area (Å²) in [7, 11) is 1.37. The Kier molecular flexibility index (Phi) is 3.14. The summed E-state index contributed by atoms with van der Waals surface area (Å²) in [6.07, 6.45) is 5.47. The van der Waals surface area contributed by atoms with Gasteiger partial charge in [0.1, 0.15) is 0 Å². The van der Waals surface area contributed by atoms with Gasteiger partial charge in [-0.3, -0.25) is 0 Å². The molecule has 1 fully saturated rings. The van der Waals surface area contributed by atoms with Crippen LogP contribution in [0.5, 0.6) is 0 Å². The molecule has 0 amide bonds. The van der Waals surface area contributed by atoms with Crippen LogP contribution in [0.1, 0.15) is 19.8 Å². The molecule has 12 heavy (non-hydrogen) atoms. The molecule has 0 heterocycles. The molecule has 3 heteroatoms. The number of esters is 1. The van der Waals surface area contributed by atoms with E-state index in [4.69, 9.17) is 0 Å². The molecule has 0 saturated heterocycles. The summed E-state index contributed by atoms with van der Waals surface area (Å²) >= 11 is 0. The van der Waals surface area contributed by atoms with Crippen molar-refractivity contribution in [2.45, 2.75) is 25.8 Å². The van der Waals surface area contributed by atoms with Gasteiger partial charge in [-0.2, -0.15) is 0 Å². The van der Waals surface area contributed by atoms with Crippen LogP contribution in [0.25, 0.3) is 0 Å². The average molecular weight is 169 g/mol. The van der Waals surface area contributed by atoms with Gasteiger partial charge in [0.15, 0.2) is 0 Å². The largest absolute Gasteiger partial charge is 0.466 e. The number of carbonyl (C=O) groups excluding carboxylic acids is 1. The second-order valence-electron chi connectivity index (χ2n) is 3.30. The van der Waals surface area contributed by atoms with Gasteiger partial charge < -0.3 is 10.1 Å². The van der Waals surface area contributed by atoms with Crippen LogP contribution in [0, 0.1) is 5.92 Å². The Balaban J connectivity index is 2.09. The molecule has 1 aliphatic rings. The number of rotatable bonds is 3. The molecule has 0 aromatic heterocycles. The van der Waals surface area contributed by atoms with Crippen molar-refractivity contribution in [3.63, 3.8) is 0 Å². The van der Waals surface area contributed by atoms with Crippen LogP contribution in [0.2, 0.25) is 0 Å². The first-order valence-electron chi connectivity index (χ1n) is 4.23. The van der Waals surface area contributed by atoms with Gasteiger partial charge >= 0.3 is 5.97 Å². The molecule has 0 bridgehead atoms. The molecule has 1 N–H and O–H groups in total. The molecule has 0 spiro atoms. The zero-order valence-electron chi connectivity index (χ0n) is 7.54. The Morgan fingerprint density at radius 2 is 2.25 bits per heavy atom. The molecule has 0 aromatic rings. The number of hydrogen-bond donors (Lipinski definition) is 1. The SMILES string of the molecule is COC(=O)/C=C/NC1CC(C)C1. The first kappa shape index (κ1) is 9.10. The molecule has 0 unspecified atom stereocenters. The fraction of sp³-hybridized carbons (Fsp3) is 0.667. The highest BCUT2D eigenvalue weighted by Crippen LogP contribution is 2.25. The van der Waals surface area contributed by atoms with E-state index < -0.39 is 0 Å². The van der Waals surface area contributed by atoms with E-state index in [2.05, 4.69) is 17.0 Å². The maximum Gasteiger partial charge on any atom is 0.331 e. The molecule has 3 nitrogen and oxygen atoms in total. The van der Waals surface area contributed by atoms with Gasteiger partial charge in [0.05, 0.1) is 7.11 Å². The molecule has 1 rings (SSSR count). The van der Waals surface area contributed by atoms with Gasteiger partial charge in [0.25, 0.3) is 0 Å². The number of nitrogens with one attached hydrogen (secondary N) is 1. The topological polar surface area (TPSA) is 38.3 Å². The molecule has 1 aliphatic carbocycles. The summed E-state index contributed by atoms with van der Waals surface area (Å²) in [5, 5.41) is 3.13. The Morgan fingerprint density at radius 3 is 2.75 bits per heavy atom. The Labute approximate surface area is 72.8 Å². The lowest BCUT2D eigenvalue weighted by molar-refractivity contribution is -0.134. The fourth-order valence-corrected chi connectivity index (χ4v) is 1.36. The van der Waals surface area contributed by atoms with Crippen molar-refractivity contribution in [2.75, 3.05) is 7.11 Å². The Bertz CT molecular complexity index is 183. The normalized spacial score (nSPS) is 28.2. The van der Waals surface area contributed by atoms with Gasteiger partial charge in [-0.15, -0.1) is 0 Å². The highest BCUT2D eigenvalue weighted by atomic mass is 16.5. The molecule has 0 aliphatic heterocycles. The maximum atomic E-state index is 10.6. The lowest BCUT2D eigenvalue weighted by atomic mass is 9.82. The van der Waals surface area contributed by atoms with Crippen molar-refractivity contribution in [1.82, 2.24) is 5.32 Å². The minimum Gasteiger partial charge on any atom is -0.466 e. The highest BCUT2D eigenvalue weighted by molar-refractivity contribution is 5.81. The third-order valence-electron chi connectivity index (χ3n) is 2.13. The lowest BCUT2D eigenvalue weighted by Crippen LogP contribution is -2.37. The van der Waals surface area contributed by atoms with Gasteiger partial charge in [-0.1, -0.05) is 6.92 Å². The second kappa shape index (κ2) is 4.14. The van der Waals surface area contributed by atoms with Crippen molar-refractivity contribution >= 4 is 5.97 Å². The summed E-state index contributed by atoms with van der Waals surface area (Å²) in [6, 6.07) is 0.556. The minimum absolute atomic E-state index is 0.310. The number of carbonyl (C=O) groups is 1. The third kappa shape index (κ3) is 2.57. The first-order chi connectivity index (χ1) is 5.72. The van der Waals surface area contributed by atoms with Crippen LogP contribution in [0.3, 0.4) is 0 Å². The first-order valence-corrected chi connectivity index (χ1v) is 4.23. The quantitative estimate of drug-likeness (QED) is 0.507. The summed E-state index contributed by atoms with van der Waals surface area (Å²) in [5.41, 5.74) is 0. The van der Waals surface area contributed by atoms with Crippen molar-refractivity contribution in [3.05, 3.63) is 12.3 Å². The van der Waals surface area contributed by atoms with Crippen LogP contribution in [0.4, 0.5) is 0 Å². The molecule has 1 saturated carbocycles. The zero-order valence-corrected chi connectivity index (χ0v) is 7.54. The van der Waals surface area contributed by atoms with E-state index in [1.54, 1.807) is 6.20 Å². The molecule has 68 valence electrons. The van der Waals surface area contributed by atoms with Crippen LogP contribution in [-0.4, -0.2) is 19.1 Å². The predicted octanol–water partition coefficient (Wildman–Crippen LogP) is 1.06. The highest BCUT2D eigenvalue weighted by Gasteiger charge is 2.23. The Hall–Kier alpha value is -0.990. The van der Waals surface area contributed by atoms with Gasteiger partial charge in [0, 0.05) is 18.3 Å². The number of methoxy groups -OCH3 is 1. The smallest absolute Gasteiger partial charge is 0.331 e. The maximum absolute atomic E-state index is 10.6. The summed E-state index contributed by atoms with van der Waals surface area (Å²) in [5.74, 6) is 0.517. The van der Waals surface area contributed by atoms with E-state index in [1.165, 1.54) is 26.0 Å². The Morgan fingerprint density at radius 1 is 1.58 bits per heavy atom. The van der Waals surface area contributed by atoms with Crippen molar-refractivity contribution in [3.8, 4) is 0 Å². The van der Waals surface area contributed by atoms with Crippen molar-refractivity contribution < 1.29 is 9.53 Å². The molecular weight excluding hydrogens is 154 g/mol. The van der Waals surface area contributed by atoms with Gasteiger partial charge in [-0.25, -0.2) is 4.79 Å². The monoisotopic (exact) mass is 169 g/mol. The van der Waals surface area contributed by atoms with Crippen LogP contribution < -0.4 is 5.32 Å². The van der Waals surface area contributed by atoms with Crippen LogP contribution >= 0.6 is 0 Å². The lowest BCUT2D eigenvalue weighted by Gasteiger charge is -2.32. The molecule has 0 radical (unpaired) electrons. The van der Waals surface area contributed by atoms with Crippen molar-refractivity contribution in [2.24, 2.45) is 5.92 Å². The van der Waals surface area contributed by atoms with Crippen molar-refractivity contribution in [1.29, 1.82) is 0 Å². The predicted molar refractivity (Wildman–Crippen MR) is 46.5 cm³/mol. The minimum atomic E-state index is -0.310. The van der Waals surface area contributed by atoms with Gasteiger partial charge in [0.2, 0.25) is 0 Å². The average Bonchev–Trinajstić information content (AvgIpc) is 2.01. The van der Waals surface area contributed by atoms with Gasteiger partial charge in [-0.05, 0) is 18.8 Å². The van der Waals surface area contributed by atoms with E-state index in [9.17, 15) is 4.79 Å². The van der Waals surface area contributed by atoms with E-state index in [1.807, 2.05) is 0 Å².